The van der Waals surface area contributed by atoms with Crippen molar-refractivity contribution in [1.29, 1.82) is 0 Å². The number of benzene rings is 1. The van der Waals surface area contributed by atoms with Crippen molar-refractivity contribution in [2.24, 2.45) is 5.84 Å². The summed E-state index contributed by atoms with van der Waals surface area (Å²) in [6.07, 6.45) is 3.54. The molecule has 1 aromatic rings. The molecule has 0 heterocycles. The van der Waals surface area contributed by atoms with Gasteiger partial charge in [-0.3, -0.25) is 10.2 Å². The van der Waals surface area contributed by atoms with E-state index in [0.717, 1.165) is 18.6 Å². The van der Waals surface area contributed by atoms with Crippen molar-refractivity contribution in [3.63, 3.8) is 0 Å². The van der Waals surface area contributed by atoms with Crippen LogP contribution in [0.3, 0.4) is 0 Å². The Morgan fingerprint density at radius 1 is 1.47 bits per heavy atom. The Balaban J connectivity index is 2.10. The monoisotopic (exact) mass is 234 g/mol. The quantitative estimate of drug-likeness (QED) is 0.469. The van der Waals surface area contributed by atoms with Crippen LogP contribution < -0.4 is 16.0 Å². The highest BCUT2D eigenvalue weighted by atomic mass is 16.5. The minimum Gasteiger partial charge on any atom is -0.481 e. The number of carbonyl (C=O) groups excluding carboxylic acids is 1. The van der Waals surface area contributed by atoms with E-state index < -0.39 is 6.10 Å². The molecule has 0 spiro atoms. The summed E-state index contributed by atoms with van der Waals surface area (Å²) in [5, 5.41) is 0. The van der Waals surface area contributed by atoms with Crippen LogP contribution in [-0.4, -0.2) is 12.0 Å². The fraction of sp³-hybridized carbons (Fsp3) is 0.462. The zero-order valence-corrected chi connectivity index (χ0v) is 10.0. The number of aryl methyl sites for hydroxylation is 2. The Kier molecular flexibility index (Phi) is 3.64. The summed E-state index contributed by atoms with van der Waals surface area (Å²) in [6.45, 7) is 1.90. The highest BCUT2D eigenvalue weighted by molar-refractivity contribution is 5.80. The van der Waals surface area contributed by atoms with Gasteiger partial charge in [-0.1, -0.05) is 13.0 Å². The lowest BCUT2D eigenvalue weighted by Crippen LogP contribution is -2.41. The van der Waals surface area contributed by atoms with Gasteiger partial charge in [-0.05, 0) is 48.9 Å². The lowest BCUT2D eigenvalue weighted by molar-refractivity contribution is -0.128. The van der Waals surface area contributed by atoms with Gasteiger partial charge in [0.05, 0.1) is 0 Å². The van der Waals surface area contributed by atoms with Crippen molar-refractivity contribution < 1.29 is 9.53 Å². The van der Waals surface area contributed by atoms with E-state index in [-0.39, 0.29) is 5.91 Å². The van der Waals surface area contributed by atoms with Crippen molar-refractivity contribution in [2.75, 3.05) is 0 Å². The fourth-order valence-electron chi connectivity index (χ4n) is 2.20. The summed E-state index contributed by atoms with van der Waals surface area (Å²) < 4.78 is 5.65. The topological polar surface area (TPSA) is 64.3 Å². The molecule has 1 aliphatic rings. The maximum atomic E-state index is 11.4. The first kappa shape index (κ1) is 11.9. The Morgan fingerprint density at radius 3 is 2.94 bits per heavy atom. The average Bonchev–Trinajstić information content (AvgIpc) is 2.82. The van der Waals surface area contributed by atoms with Crippen molar-refractivity contribution in [3.05, 3.63) is 29.3 Å². The predicted molar refractivity (Wildman–Crippen MR) is 65.5 cm³/mol. The molecule has 0 radical (unpaired) electrons. The number of fused-ring (bicyclic) bond motifs is 1. The number of hydrogen-bond donors (Lipinski definition) is 2. The van der Waals surface area contributed by atoms with Crippen LogP contribution in [-0.2, 0) is 17.6 Å². The SMILES string of the molecule is CCC(Oc1ccc2c(c1)CCC2)C(=O)NN. The van der Waals surface area contributed by atoms with Gasteiger partial charge in [0.2, 0.25) is 0 Å². The molecule has 1 aliphatic carbocycles. The molecule has 3 N–H and O–H groups in total. The Labute approximate surface area is 101 Å². The summed E-state index contributed by atoms with van der Waals surface area (Å²) in [5.41, 5.74) is 4.86. The van der Waals surface area contributed by atoms with Gasteiger partial charge in [0, 0.05) is 0 Å². The Morgan fingerprint density at radius 2 is 2.24 bits per heavy atom. The van der Waals surface area contributed by atoms with Crippen molar-refractivity contribution in [2.45, 2.75) is 38.7 Å². The molecule has 92 valence electrons. The number of nitrogens with one attached hydrogen (secondary N) is 1. The number of hydrazine groups is 1. The number of hydrogen-bond acceptors (Lipinski definition) is 3. The van der Waals surface area contributed by atoms with Crippen molar-refractivity contribution in [1.82, 2.24) is 5.43 Å². The van der Waals surface area contributed by atoms with Crippen molar-refractivity contribution in [3.8, 4) is 5.75 Å². The molecule has 4 nitrogen and oxygen atoms in total. The molecule has 1 atom stereocenters. The molecule has 2 rings (SSSR count). The second-order valence-corrected chi connectivity index (χ2v) is 4.31. The molecular formula is C13H18N2O2. The molecule has 17 heavy (non-hydrogen) atoms. The highest BCUT2D eigenvalue weighted by Crippen LogP contribution is 2.26. The van der Waals surface area contributed by atoms with E-state index in [1.165, 1.54) is 17.5 Å². The molecule has 0 aliphatic heterocycles. The molecule has 0 fully saturated rings. The smallest absolute Gasteiger partial charge is 0.274 e. The minimum absolute atomic E-state index is 0.284. The standard InChI is InChI=1S/C13H18N2O2/c1-2-12(13(16)15-14)17-11-7-6-9-4-3-5-10(9)8-11/h6-8,12H,2-5,14H2,1H3,(H,15,16). The Bertz CT molecular complexity index is 418. The summed E-state index contributed by atoms with van der Waals surface area (Å²) in [6, 6.07) is 6.05. The first-order valence-electron chi connectivity index (χ1n) is 6.03. The molecule has 0 saturated heterocycles. The van der Waals surface area contributed by atoms with E-state index in [1.54, 1.807) is 0 Å². The normalized spacial score (nSPS) is 15.2. The van der Waals surface area contributed by atoms with Gasteiger partial charge in [-0.25, -0.2) is 5.84 Å². The lowest BCUT2D eigenvalue weighted by Gasteiger charge is -2.16. The van der Waals surface area contributed by atoms with Gasteiger partial charge < -0.3 is 4.74 Å². The Hall–Kier alpha value is -1.55. The van der Waals surface area contributed by atoms with Crippen LogP contribution >= 0.6 is 0 Å². The van der Waals surface area contributed by atoms with Gasteiger partial charge in [-0.15, -0.1) is 0 Å². The van der Waals surface area contributed by atoms with E-state index in [1.807, 2.05) is 19.1 Å². The molecule has 1 aromatic carbocycles. The van der Waals surface area contributed by atoms with Crippen LogP contribution in [0.5, 0.6) is 5.75 Å². The largest absolute Gasteiger partial charge is 0.481 e. The van der Waals surface area contributed by atoms with Crippen LogP contribution in [0, 0.1) is 0 Å². The maximum Gasteiger partial charge on any atom is 0.274 e. The third-order valence-electron chi connectivity index (χ3n) is 3.15. The summed E-state index contributed by atoms with van der Waals surface area (Å²) in [4.78, 5) is 11.4. The van der Waals surface area contributed by atoms with E-state index >= 15 is 0 Å². The average molecular weight is 234 g/mol. The maximum absolute atomic E-state index is 11.4. The van der Waals surface area contributed by atoms with Crippen LogP contribution in [0.1, 0.15) is 30.9 Å². The molecule has 1 amide bonds. The van der Waals surface area contributed by atoms with E-state index in [0.29, 0.717) is 6.42 Å². The van der Waals surface area contributed by atoms with E-state index in [9.17, 15) is 4.79 Å². The van der Waals surface area contributed by atoms with Gasteiger partial charge >= 0.3 is 0 Å². The highest BCUT2D eigenvalue weighted by Gasteiger charge is 2.18. The zero-order chi connectivity index (χ0) is 12.3. The molecule has 4 heteroatoms. The number of amides is 1. The van der Waals surface area contributed by atoms with Gasteiger partial charge in [-0.2, -0.15) is 0 Å². The second kappa shape index (κ2) is 5.19. The van der Waals surface area contributed by atoms with Gasteiger partial charge in [0.1, 0.15) is 5.75 Å². The summed E-state index contributed by atoms with van der Waals surface area (Å²) in [5.74, 6) is 5.58. The number of carbonyl (C=O) groups is 1. The van der Waals surface area contributed by atoms with Crippen LogP contribution in [0.25, 0.3) is 0 Å². The molecule has 0 bridgehead atoms. The number of ether oxygens (including phenoxy) is 1. The van der Waals surface area contributed by atoms with Gasteiger partial charge in [0.25, 0.3) is 5.91 Å². The predicted octanol–water partition coefficient (Wildman–Crippen LogP) is 1.32. The molecule has 1 unspecified atom stereocenters. The molecular weight excluding hydrogens is 216 g/mol. The van der Waals surface area contributed by atoms with Gasteiger partial charge in [0.15, 0.2) is 6.10 Å². The molecule has 0 aromatic heterocycles. The van der Waals surface area contributed by atoms with Crippen LogP contribution in [0.15, 0.2) is 18.2 Å². The summed E-state index contributed by atoms with van der Waals surface area (Å²) >= 11 is 0. The number of rotatable bonds is 4. The lowest BCUT2D eigenvalue weighted by atomic mass is 10.1. The second-order valence-electron chi connectivity index (χ2n) is 4.31. The number of nitrogens with two attached hydrogens (primary N) is 1. The van der Waals surface area contributed by atoms with Crippen LogP contribution in [0.4, 0.5) is 0 Å². The zero-order valence-electron chi connectivity index (χ0n) is 10.0. The van der Waals surface area contributed by atoms with E-state index in [2.05, 4.69) is 11.5 Å². The van der Waals surface area contributed by atoms with Crippen LogP contribution in [0.2, 0.25) is 0 Å². The first-order chi connectivity index (χ1) is 8.24. The first-order valence-corrected chi connectivity index (χ1v) is 6.03. The van der Waals surface area contributed by atoms with Crippen molar-refractivity contribution >= 4 is 5.91 Å². The third-order valence-corrected chi connectivity index (χ3v) is 3.15. The minimum atomic E-state index is -0.514. The molecule has 0 saturated carbocycles. The third kappa shape index (κ3) is 2.58. The van der Waals surface area contributed by atoms with E-state index in [4.69, 9.17) is 10.6 Å². The summed E-state index contributed by atoms with van der Waals surface area (Å²) in [7, 11) is 0. The fourth-order valence-corrected chi connectivity index (χ4v) is 2.20.